The zero-order valence-corrected chi connectivity index (χ0v) is 13.8. The maximum atomic E-state index is 12.2. The first kappa shape index (κ1) is 19.8. The van der Waals surface area contributed by atoms with Crippen molar-refractivity contribution in [1.82, 2.24) is 13.7 Å². The number of nitrogens with zero attached hydrogens (tertiary/aromatic N) is 3. The number of hydrogen-bond acceptors (Lipinski definition) is 7. The van der Waals surface area contributed by atoms with Gasteiger partial charge in [-0.1, -0.05) is 13.8 Å². The number of rotatable bonds is 9. The maximum absolute atomic E-state index is 12.2. The van der Waals surface area contributed by atoms with Crippen LogP contribution in [0, 0.1) is 5.92 Å². The van der Waals surface area contributed by atoms with Crippen LogP contribution in [-0.4, -0.2) is 49.7 Å². The largest absolute Gasteiger partial charge is 0.464 e. The Labute approximate surface area is 137 Å². The summed E-state index contributed by atoms with van der Waals surface area (Å²) >= 11 is 0. The van der Waals surface area contributed by atoms with Gasteiger partial charge in [-0.15, -0.1) is 0 Å². The summed E-state index contributed by atoms with van der Waals surface area (Å²) in [5.74, 6) is -0.735. The Balaban J connectivity index is 3.14. The monoisotopic (exact) mass is 345 g/mol. The van der Waals surface area contributed by atoms with Crippen LogP contribution >= 0.6 is 0 Å². The van der Waals surface area contributed by atoms with E-state index in [2.05, 4.69) is 0 Å². The van der Waals surface area contributed by atoms with E-state index in [4.69, 9.17) is 14.9 Å². The zero-order valence-electron chi connectivity index (χ0n) is 13.8. The third kappa shape index (κ3) is 4.42. The minimum Gasteiger partial charge on any atom is -0.464 e. The van der Waals surface area contributed by atoms with Crippen LogP contribution in [0.3, 0.4) is 0 Å². The van der Waals surface area contributed by atoms with E-state index in [0.29, 0.717) is 15.6 Å². The third-order valence-electron chi connectivity index (χ3n) is 3.61. The molecule has 1 aromatic heterocycles. The van der Waals surface area contributed by atoms with Crippen LogP contribution in [0.1, 0.15) is 20.3 Å². The number of esters is 1. The summed E-state index contributed by atoms with van der Waals surface area (Å²) in [6.45, 7) is 1.61. The van der Waals surface area contributed by atoms with Crippen LogP contribution in [0.5, 0.6) is 0 Å². The molecule has 1 aromatic rings. The van der Waals surface area contributed by atoms with Crippen molar-refractivity contribution in [3.63, 3.8) is 0 Å². The van der Waals surface area contributed by atoms with E-state index in [1.807, 2.05) is 6.92 Å². The van der Waals surface area contributed by atoms with Gasteiger partial charge in [0.1, 0.15) is 6.61 Å². The van der Waals surface area contributed by atoms with Crippen LogP contribution in [0.2, 0.25) is 0 Å². The molecular formula is C14H23N3O7. The Morgan fingerprint density at radius 2 is 1.38 bits per heavy atom. The molecule has 2 N–H and O–H groups in total. The van der Waals surface area contributed by atoms with Gasteiger partial charge in [-0.2, -0.15) is 0 Å². The molecule has 0 saturated carbocycles. The number of carbonyl (C=O) groups is 1. The minimum absolute atomic E-state index is 0.200. The molecule has 0 aliphatic carbocycles. The highest BCUT2D eigenvalue weighted by Crippen LogP contribution is 2.02. The smallest absolute Gasteiger partial charge is 0.336 e. The minimum atomic E-state index is -0.902. The summed E-state index contributed by atoms with van der Waals surface area (Å²) in [7, 11) is 0. The summed E-state index contributed by atoms with van der Waals surface area (Å²) in [4.78, 5) is 48.1. The first-order valence-electron chi connectivity index (χ1n) is 7.71. The lowest BCUT2D eigenvalue weighted by atomic mass is 10.1. The Kier molecular flexibility index (Phi) is 7.59. The molecule has 0 aliphatic rings. The summed E-state index contributed by atoms with van der Waals surface area (Å²) in [6, 6.07) is 0. The molecule has 0 spiro atoms. The molecule has 10 heteroatoms. The normalized spacial score (nSPS) is 12.2. The Morgan fingerprint density at radius 3 is 1.75 bits per heavy atom. The molecule has 0 radical (unpaired) electrons. The lowest BCUT2D eigenvalue weighted by Crippen LogP contribution is -2.55. The summed E-state index contributed by atoms with van der Waals surface area (Å²) in [6.07, 6.45) is 0.601. The van der Waals surface area contributed by atoms with Gasteiger partial charge in [-0.05, 0) is 6.42 Å². The van der Waals surface area contributed by atoms with Crippen LogP contribution in [0.15, 0.2) is 14.4 Å². The van der Waals surface area contributed by atoms with Crippen LogP contribution in [0.4, 0.5) is 0 Å². The molecule has 0 aliphatic heterocycles. The van der Waals surface area contributed by atoms with Gasteiger partial charge in [0.15, 0.2) is 0 Å². The first-order chi connectivity index (χ1) is 11.4. The molecule has 1 rings (SSSR count). The molecule has 0 saturated heterocycles. The van der Waals surface area contributed by atoms with Gasteiger partial charge in [-0.25, -0.2) is 28.1 Å². The molecule has 0 fully saturated rings. The predicted molar refractivity (Wildman–Crippen MR) is 83.8 cm³/mol. The fourth-order valence-corrected chi connectivity index (χ4v) is 2.00. The number of hydrogen-bond donors (Lipinski definition) is 2. The van der Waals surface area contributed by atoms with E-state index in [9.17, 15) is 19.2 Å². The van der Waals surface area contributed by atoms with Gasteiger partial charge in [0.2, 0.25) is 0 Å². The second-order valence-corrected chi connectivity index (χ2v) is 5.23. The molecule has 10 nitrogen and oxygen atoms in total. The fourth-order valence-electron chi connectivity index (χ4n) is 2.00. The van der Waals surface area contributed by atoms with E-state index < -0.39 is 36.3 Å². The number of ether oxygens (including phenoxy) is 1. The predicted octanol–water partition coefficient (Wildman–Crippen LogP) is -2.25. The Hall–Kier alpha value is -2.20. The van der Waals surface area contributed by atoms with E-state index in [0.717, 1.165) is 4.57 Å². The molecule has 1 heterocycles. The lowest BCUT2D eigenvalue weighted by Gasteiger charge is -2.13. The summed E-state index contributed by atoms with van der Waals surface area (Å²) < 4.78 is 7.16. The molecule has 1 atom stereocenters. The molecule has 1 unspecified atom stereocenters. The number of carbonyl (C=O) groups excluding carboxylic acids is 1. The third-order valence-corrected chi connectivity index (χ3v) is 3.61. The SMILES string of the molecule is CCC(C)C(=O)OCCn1c(=O)n(CCO)c(=O)n(CCO)c1=O. The van der Waals surface area contributed by atoms with Crippen LogP contribution < -0.4 is 17.1 Å². The summed E-state index contributed by atoms with van der Waals surface area (Å²) in [5, 5.41) is 17.9. The molecular weight excluding hydrogens is 322 g/mol. The van der Waals surface area contributed by atoms with Crippen molar-refractivity contribution >= 4 is 5.97 Å². The lowest BCUT2D eigenvalue weighted by molar-refractivity contribution is -0.148. The fraction of sp³-hybridized carbons (Fsp3) is 0.714. The van der Waals surface area contributed by atoms with Crippen molar-refractivity contribution in [2.45, 2.75) is 39.9 Å². The number of aromatic nitrogens is 3. The van der Waals surface area contributed by atoms with Crippen LogP contribution in [-0.2, 0) is 29.2 Å². The average Bonchev–Trinajstić information content (AvgIpc) is 2.57. The van der Waals surface area contributed by atoms with Crippen LogP contribution in [0.25, 0.3) is 0 Å². The van der Waals surface area contributed by atoms with Gasteiger partial charge >= 0.3 is 23.0 Å². The number of aliphatic hydroxyl groups is 2. The van der Waals surface area contributed by atoms with Gasteiger partial charge in [0, 0.05) is 0 Å². The first-order valence-corrected chi connectivity index (χ1v) is 7.71. The van der Waals surface area contributed by atoms with Gasteiger partial charge in [-0.3, -0.25) is 4.79 Å². The van der Waals surface area contributed by atoms with Crippen molar-refractivity contribution in [1.29, 1.82) is 0 Å². The van der Waals surface area contributed by atoms with Crippen molar-refractivity contribution in [2.24, 2.45) is 5.92 Å². The van der Waals surface area contributed by atoms with Crippen molar-refractivity contribution in [3.05, 3.63) is 31.5 Å². The van der Waals surface area contributed by atoms with E-state index in [-0.39, 0.29) is 32.2 Å². The zero-order chi connectivity index (χ0) is 18.3. The molecule has 0 bridgehead atoms. The molecule has 24 heavy (non-hydrogen) atoms. The maximum Gasteiger partial charge on any atom is 0.336 e. The molecule has 0 amide bonds. The second kappa shape index (κ2) is 9.18. The van der Waals surface area contributed by atoms with E-state index >= 15 is 0 Å². The van der Waals surface area contributed by atoms with Gasteiger partial charge in [0.25, 0.3) is 0 Å². The second-order valence-electron chi connectivity index (χ2n) is 5.23. The molecule has 0 aromatic carbocycles. The highest BCUT2D eigenvalue weighted by Gasteiger charge is 2.16. The Bertz CT molecular complexity index is 687. The highest BCUT2D eigenvalue weighted by molar-refractivity contribution is 5.71. The quantitative estimate of drug-likeness (QED) is 0.483. The highest BCUT2D eigenvalue weighted by atomic mass is 16.5. The average molecular weight is 345 g/mol. The number of aliphatic hydroxyl groups excluding tert-OH is 2. The van der Waals surface area contributed by atoms with E-state index in [1.165, 1.54) is 0 Å². The standard InChI is InChI=1S/C14H23N3O7/c1-3-10(2)11(20)24-9-6-17-13(22)15(4-7-18)12(21)16(5-8-19)14(17)23/h10,18-19H,3-9H2,1-2H3. The van der Waals surface area contributed by atoms with Crippen molar-refractivity contribution < 1.29 is 19.7 Å². The van der Waals surface area contributed by atoms with E-state index in [1.54, 1.807) is 6.92 Å². The summed E-state index contributed by atoms with van der Waals surface area (Å²) in [5.41, 5.74) is -2.69. The Morgan fingerprint density at radius 1 is 0.958 bits per heavy atom. The topological polar surface area (TPSA) is 133 Å². The van der Waals surface area contributed by atoms with Gasteiger partial charge in [0.05, 0.1) is 38.8 Å². The van der Waals surface area contributed by atoms with Gasteiger partial charge < -0.3 is 14.9 Å². The van der Waals surface area contributed by atoms with Crippen molar-refractivity contribution in [2.75, 3.05) is 19.8 Å². The van der Waals surface area contributed by atoms with Crippen molar-refractivity contribution in [3.8, 4) is 0 Å². The molecule has 136 valence electrons.